The topological polar surface area (TPSA) is 89.5 Å². The van der Waals surface area contributed by atoms with Gasteiger partial charge in [0.05, 0.1) is 12.2 Å². The molecule has 2 aromatic rings. The van der Waals surface area contributed by atoms with Crippen LogP contribution >= 0.6 is 11.3 Å². The summed E-state index contributed by atoms with van der Waals surface area (Å²) in [6.07, 6.45) is 3.49. The van der Waals surface area contributed by atoms with Gasteiger partial charge in [0, 0.05) is 11.6 Å². The van der Waals surface area contributed by atoms with Crippen LogP contribution in [0.25, 0.3) is 4.83 Å². The molecule has 0 aliphatic rings. The van der Waals surface area contributed by atoms with Crippen molar-refractivity contribution >= 4 is 26.4 Å². The van der Waals surface area contributed by atoms with E-state index in [1.54, 1.807) is 6.33 Å². The minimum absolute atomic E-state index is 0.121. The summed E-state index contributed by atoms with van der Waals surface area (Å²) >= 11 is 1.50. The molecule has 2 heterocycles. The Kier molecular flexibility index (Phi) is 2.27. The Morgan fingerprint density at radius 2 is 2.43 bits per heavy atom. The molecule has 0 saturated carbocycles. The van der Waals surface area contributed by atoms with Gasteiger partial charge in [-0.2, -0.15) is 13.1 Å². The molecule has 8 heteroatoms. The highest BCUT2D eigenvalue weighted by atomic mass is 32.2. The van der Waals surface area contributed by atoms with Crippen molar-refractivity contribution in [2.75, 3.05) is 0 Å². The molecule has 0 bridgehead atoms. The van der Waals surface area contributed by atoms with Gasteiger partial charge in [-0.3, -0.25) is 4.40 Å². The van der Waals surface area contributed by atoms with Gasteiger partial charge in [0.15, 0.2) is 0 Å². The second kappa shape index (κ2) is 3.31. The van der Waals surface area contributed by atoms with Crippen LogP contribution in [0.5, 0.6) is 0 Å². The smallest absolute Gasteiger partial charge is 0.274 e. The number of nitrogens with one attached hydrogen (secondary N) is 1. The van der Waals surface area contributed by atoms with Crippen LogP contribution < -0.4 is 9.86 Å². The van der Waals surface area contributed by atoms with E-state index >= 15 is 0 Å². The van der Waals surface area contributed by atoms with E-state index in [1.165, 1.54) is 11.3 Å². The molecule has 2 aromatic heterocycles. The first-order chi connectivity index (χ1) is 6.56. The lowest BCUT2D eigenvalue weighted by atomic mass is 10.5. The summed E-state index contributed by atoms with van der Waals surface area (Å²) < 4.78 is 25.3. The zero-order valence-corrected chi connectivity index (χ0v) is 8.68. The van der Waals surface area contributed by atoms with Gasteiger partial charge in [0.1, 0.15) is 11.2 Å². The first-order valence-corrected chi connectivity index (χ1v) is 6.15. The number of hydrogen-bond donors (Lipinski definition) is 2. The largest absolute Gasteiger partial charge is 0.297 e. The van der Waals surface area contributed by atoms with Crippen LogP contribution in [-0.4, -0.2) is 17.8 Å². The number of imidazole rings is 1. The second-order valence-electron chi connectivity index (χ2n) is 2.67. The van der Waals surface area contributed by atoms with E-state index in [0.29, 0.717) is 5.69 Å². The Hall–Kier alpha value is -0.960. The molecule has 0 unspecified atom stereocenters. The van der Waals surface area contributed by atoms with Crippen molar-refractivity contribution in [2.24, 2.45) is 5.14 Å². The molecule has 3 N–H and O–H groups in total. The Labute approximate surface area is 84.6 Å². The Morgan fingerprint density at radius 3 is 3.14 bits per heavy atom. The average molecular weight is 232 g/mol. The van der Waals surface area contributed by atoms with Crippen LogP contribution in [0, 0.1) is 0 Å². The Bertz CT molecular complexity index is 541. The van der Waals surface area contributed by atoms with Crippen LogP contribution in [0.1, 0.15) is 5.69 Å². The van der Waals surface area contributed by atoms with E-state index in [1.807, 2.05) is 16.0 Å². The van der Waals surface area contributed by atoms with Crippen LogP contribution in [0.4, 0.5) is 0 Å². The third kappa shape index (κ3) is 1.93. The van der Waals surface area contributed by atoms with Gasteiger partial charge in [-0.25, -0.2) is 10.1 Å². The molecule has 0 amide bonds. The van der Waals surface area contributed by atoms with Crippen molar-refractivity contribution in [2.45, 2.75) is 6.54 Å². The van der Waals surface area contributed by atoms with Crippen molar-refractivity contribution in [1.82, 2.24) is 14.1 Å². The quantitative estimate of drug-likeness (QED) is 0.760. The number of rotatable bonds is 3. The number of nitrogens with two attached hydrogens (primary N) is 1. The molecule has 0 saturated heterocycles. The fraction of sp³-hybridized carbons (Fsp3) is 0.167. The molecule has 0 aliphatic heterocycles. The first-order valence-electron chi connectivity index (χ1n) is 3.73. The first kappa shape index (κ1) is 9.59. The van der Waals surface area contributed by atoms with E-state index in [9.17, 15) is 8.42 Å². The third-order valence-corrected chi connectivity index (χ3v) is 3.14. The van der Waals surface area contributed by atoms with Gasteiger partial charge < -0.3 is 0 Å². The minimum Gasteiger partial charge on any atom is -0.297 e. The second-order valence-corrected chi connectivity index (χ2v) is 4.95. The van der Waals surface area contributed by atoms with Gasteiger partial charge in [0.25, 0.3) is 10.2 Å². The molecule has 0 aliphatic carbocycles. The minimum atomic E-state index is -3.65. The van der Waals surface area contributed by atoms with Crippen LogP contribution in [-0.2, 0) is 16.8 Å². The van der Waals surface area contributed by atoms with Crippen molar-refractivity contribution in [1.29, 1.82) is 0 Å². The number of thiazole rings is 1. The lowest BCUT2D eigenvalue weighted by Gasteiger charge is -1.97. The predicted octanol–water partition coefficient (Wildman–Crippen LogP) is -0.311. The van der Waals surface area contributed by atoms with E-state index in [0.717, 1.165) is 4.83 Å². The third-order valence-electron chi connectivity index (χ3n) is 1.66. The van der Waals surface area contributed by atoms with E-state index in [-0.39, 0.29) is 6.54 Å². The molecule has 6 nitrogen and oxygen atoms in total. The molecule has 0 spiro atoms. The molecule has 0 radical (unpaired) electrons. The summed E-state index contributed by atoms with van der Waals surface area (Å²) in [5.41, 5.74) is 0.675. The molecular weight excluding hydrogens is 224 g/mol. The van der Waals surface area contributed by atoms with Gasteiger partial charge in [-0.1, -0.05) is 0 Å². The lowest BCUT2D eigenvalue weighted by molar-refractivity contribution is 0.582. The summed E-state index contributed by atoms with van der Waals surface area (Å²) in [6.45, 7) is 0.121. The van der Waals surface area contributed by atoms with Crippen LogP contribution in [0.2, 0.25) is 0 Å². The highest BCUT2D eigenvalue weighted by Gasteiger charge is 2.07. The van der Waals surface area contributed by atoms with Crippen LogP contribution in [0.15, 0.2) is 17.9 Å². The van der Waals surface area contributed by atoms with Crippen molar-refractivity contribution < 1.29 is 8.42 Å². The summed E-state index contributed by atoms with van der Waals surface area (Å²) in [5.74, 6) is 0. The number of fused-ring (bicyclic) bond motifs is 1. The summed E-state index contributed by atoms with van der Waals surface area (Å²) in [5, 5.41) is 6.70. The van der Waals surface area contributed by atoms with Crippen molar-refractivity contribution in [3.63, 3.8) is 0 Å². The molecule has 0 aromatic carbocycles. The van der Waals surface area contributed by atoms with Crippen LogP contribution in [0.3, 0.4) is 0 Å². The van der Waals surface area contributed by atoms with Gasteiger partial charge in [-0.05, 0) is 0 Å². The Morgan fingerprint density at radius 1 is 1.64 bits per heavy atom. The zero-order chi connectivity index (χ0) is 10.2. The van der Waals surface area contributed by atoms with Crippen molar-refractivity contribution in [3.8, 4) is 0 Å². The fourth-order valence-electron chi connectivity index (χ4n) is 1.07. The van der Waals surface area contributed by atoms with E-state index < -0.39 is 10.2 Å². The molecule has 76 valence electrons. The van der Waals surface area contributed by atoms with E-state index in [4.69, 9.17) is 5.14 Å². The average Bonchev–Trinajstić information content (AvgIpc) is 2.59. The maximum absolute atomic E-state index is 10.6. The fourth-order valence-corrected chi connectivity index (χ4v) is 2.22. The highest BCUT2D eigenvalue weighted by Crippen LogP contribution is 2.15. The molecule has 2 rings (SSSR count). The highest BCUT2D eigenvalue weighted by molar-refractivity contribution is 7.87. The maximum Gasteiger partial charge on any atom is 0.274 e. The maximum atomic E-state index is 10.6. The summed E-state index contributed by atoms with van der Waals surface area (Å²) in [4.78, 5) is 4.97. The molecule has 0 fully saturated rings. The summed E-state index contributed by atoms with van der Waals surface area (Å²) in [6, 6.07) is 0. The van der Waals surface area contributed by atoms with Gasteiger partial charge >= 0.3 is 0 Å². The van der Waals surface area contributed by atoms with Gasteiger partial charge in [-0.15, -0.1) is 11.3 Å². The molecule has 14 heavy (non-hydrogen) atoms. The number of nitrogens with zero attached hydrogens (tertiary/aromatic N) is 2. The number of hydrogen-bond acceptors (Lipinski definition) is 4. The SMILES string of the molecule is NS(=O)(=O)NCc1ncn2ccsc12. The predicted molar refractivity (Wildman–Crippen MR) is 53.0 cm³/mol. The normalized spacial score (nSPS) is 12.4. The monoisotopic (exact) mass is 232 g/mol. The molecule has 0 atom stereocenters. The standard InChI is InChI=1S/C6H8N4O2S2/c7-14(11,12)9-3-5-6-10(4-8-5)1-2-13-6/h1-2,4,9H,3H2,(H2,7,11,12). The summed E-state index contributed by atoms with van der Waals surface area (Å²) in [7, 11) is -3.65. The zero-order valence-electron chi connectivity index (χ0n) is 7.04. The van der Waals surface area contributed by atoms with Crippen molar-refractivity contribution in [3.05, 3.63) is 23.6 Å². The van der Waals surface area contributed by atoms with E-state index in [2.05, 4.69) is 9.71 Å². The number of aromatic nitrogens is 2. The lowest BCUT2D eigenvalue weighted by Crippen LogP contribution is -2.30. The Balaban J connectivity index is 2.24. The van der Waals surface area contributed by atoms with Gasteiger partial charge in [0.2, 0.25) is 0 Å². The molecular formula is C6H8N4O2S2.